The topological polar surface area (TPSA) is 12.0 Å². The van der Waals surface area contributed by atoms with Crippen LogP contribution in [0.4, 0.5) is 4.39 Å². The van der Waals surface area contributed by atoms with Crippen LogP contribution in [0.25, 0.3) is 11.1 Å². The van der Waals surface area contributed by atoms with Crippen molar-refractivity contribution in [3.8, 4) is 11.1 Å². The molecule has 0 aliphatic heterocycles. The summed E-state index contributed by atoms with van der Waals surface area (Å²) < 4.78 is 14.3. The zero-order valence-corrected chi connectivity index (χ0v) is 13.7. The minimum absolute atomic E-state index is 0.183. The first-order chi connectivity index (χ1) is 9.88. The lowest BCUT2D eigenvalue weighted by Crippen LogP contribution is -2.22. The molecule has 0 spiro atoms. The van der Waals surface area contributed by atoms with Crippen molar-refractivity contribution in [2.45, 2.75) is 40.3 Å². The first kappa shape index (κ1) is 16.0. The monoisotopic (exact) mass is 305 g/mol. The van der Waals surface area contributed by atoms with Crippen molar-refractivity contribution >= 4 is 11.6 Å². The summed E-state index contributed by atoms with van der Waals surface area (Å²) in [6.07, 6.45) is 0. The summed E-state index contributed by atoms with van der Waals surface area (Å²) in [5.74, 6) is -0.183. The van der Waals surface area contributed by atoms with Crippen LogP contribution in [0.5, 0.6) is 0 Å². The molecule has 1 nitrogen and oxygen atoms in total. The van der Waals surface area contributed by atoms with Crippen LogP contribution in [0.15, 0.2) is 30.3 Å². The average Bonchev–Trinajstić information content (AvgIpc) is 2.37. The van der Waals surface area contributed by atoms with Crippen LogP contribution in [0.2, 0.25) is 5.02 Å². The molecule has 3 heteroatoms. The van der Waals surface area contributed by atoms with Gasteiger partial charge in [0, 0.05) is 23.2 Å². The van der Waals surface area contributed by atoms with Crippen molar-refractivity contribution in [1.82, 2.24) is 5.32 Å². The summed E-state index contributed by atoms with van der Waals surface area (Å²) >= 11 is 6.24. The summed E-state index contributed by atoms with van der Waals surface area (Å²) in [5.41, 5.74) is 4.39. The molecular formula is C18H21ClFN. The number of benzene rings is 2. The van der Waals surface area contributed by atoms with E-state index in [0.29, 0.717) is 23.2 Å². The van der Waals surface area contributed by atoms with Crippen LogP contribution in [0.3, 0.4) is 0 Å². The molecule has 1 N–H and O–H groups in total. The molecule has 0 aliphatic carbocycles. The highest BCUT2D eigenvalue weighted by Crippen LogP contribution is 2.30. The highest BCUT2D eigenvalue weighted by Gasteiger charge is 2.11. The van der Waals surface area contributed by atoms with Crippen molar-refractivity contribution in [3.05, 3.63) is 57.9 Å². The summed E-state index contributed by atoms with van der Waals surface area (Å²) in [7, 11) is 0. The fraction of sp³-hybridized carbons (Fsp3) is 0.333. The number of nitrogens with one attached hydrogen (secondary N) is 1. The molecule has 0 saturated carbocycles. The summed E-state index contributed by atoms with van der Waals surface area (Å²) in [6, 6.07) is 9.64. The molecule has 0 fully saturated rings. The second-order valence-electron chi connectivity index (χ2n) is 5.78. The molecule has 0 amide bonds. The SMILES string of the molecule is Cc1cc(C)c(-c2ccc(Cl)c(CNC(C)C)c2)c(F)c1. The van der Waals surface area contributed by atoms with Crippen molar-refractivity contribution < 1.29 is 4.39 Å². The fourth-order valence-electron chi connectivity index (χ4n) is 2.46. The largest absolute Gasteiger partial charge is 0.310 e. The number of rotatable bonds is 4. The molecule has 0 radical (unpaired) electrons. The van der Waals surface area contributed by atoms with Crippen LogP contribution < -0.4 is 5.32 Å². The van der Waals surface area contributed by atoms with Gasteiger partial charge in [0.05, 0.1) is 0 Å². The molecule has 0 heterocycles. The maximum absolute atomic E-state index is 14.3. The van der Waals surface area contributed by atoms with Gasteiger partial charge in [-0.2, -0.15) is 0 Å². The summed E-state index contributed by atoms with van der Waals surface area (Å²) in [4.78, 5) is 0. The molecular weight excluding hydrogens is 285 g/mol. The first-order valence-electron chi connectivity index (χ1n) is 7.17. The van der Waals surface area contributed by atoms with Crippen molar-refractivity contribution in [2.24, 2.45) is 0 Å². The van der Waals surface area contributed by atoms with E-state index in [9.17, 15) is 4.39 Å². The van der Waals surface area contributed by atoms with Gasteiger partial charge in [-0.25, -0.2) is 4.39 Å². The Bertz CT molecular complexity index is 627. The van der Waals surface area contributed by atoms with Crippen LogP contribution in [-0.4, -0.2) is 6.04 Å². The third kappa shape index (κ3) is 3.84. The second-order valence-corrected chi connectivity index (χ2v) is 6.19. The second kappa shape index (κ2) is 6.59. The molecule has 21 heavy (non-hydrogen) atoms. The molecule has 2 aromatic carbocycles. The molecule has 112 valence electrons. The number of hydrogen-bond acceptors (Lipinski definition) is 1. The maximum atomic E-state index is 14.3. The van der Waals surface area contributed by atoms with Crippen molar-refractivity contribution in [1.29, 1.82) is 0 Å². The van der Waals surface area contributed by atoms with Gasteiger partial charge in [-0.05, 0) is 54.3 Å². The Balaban J connectivity index is 2.44. The Morgan fingerprint density at radius 3 is 2.48 bits per heavy atom. The number of hydrogen-bond donors (Lipinski definition) is 1. The normalized spacial score (nSPS) is 11.2. The molecule has 0 bridgehead atoms. The van der Waals surface area contributed by atoms with Crippen LogP contribution in [0.1, 0.15) is 30.5 Å². The Labute approximate surface area is 131 Å². The molecule has 0 atom stereocenters. The number of aryl methyl sites for hydroxylation is 2. The Morgan fingerprint density at radius 2 is 1.86 bits per heavy atom. The van der Waals surface area contributed by atoms with Gasteiger partial charge < -0.3 is 5.32 Å². The Morgan fingerprint density at radius 1 is 1.14 bits per heavy atom. The highest BCUT2D eigenvalue weighted by atomic mass is 35.5. The third-order valence-electron chi connectivity index (χ3n) is 3.47. The highest BCUT2D eigenvalue weighted by molar-refractivity contribution is 6.31. The molecule has 0 unspecified atom stereocenters. The van der Waals surface area contributed by atoms with Gasteiger partial charge in [-0.1, -0.05) is 37.6 Å². The quantitative estimate of drug-likeness (QED) is 0.812. The van der Waals surface area contributed by atoms with E-state index in [2.05, 4.69) is 19.2 Å². The predicted octanol–water partition coefficient (Wildman–Crippen LogP) is 5.26. The maximum Gasteiger partial charge on any atom is 0.131 e. The Kier molecular flexibility index (Phi) is 5.02. The van der Waals surface area contributed by atoms with Crippen molar-refractivity contribution in [2.75, 3.05) is 0 Å². The minimum atomic E-state index is -0.183. The lowest BCUT2D eigenvalue weighted by molar-refractivity contribution is 0.589. The van der Waals surface area contributed by atoms with Gasteiger partial charge in [-0.3, -0.25) is 0 Å². The third-order valence-corrected chi connectivity index (χ3v) is 3.84. The van der Waals surface area contributed by atoms with Gasteiger partial charge in [-0.15, -0.1) is 0 Å². The number of halogens is 2. The summed E-state index contributed by atoms with van der Waals surface area (Å²) in [5, 5.41) is 4.05. The zero-order chi connectivity index (χ0) is 15.6. The van der Waals surface area contributed by atoms with Gasteiger partial charge >= 0.3 is 0 Å². The van der Waals surface area contributed by atoms with Crippen molar-refractivity contribution in [3.63, 3.8) is 0 Å². The van der Waals surface area contributed by atoms with E-state index in [1.807, 2.05) is 38.1 Å². The van der Waals surface area contributed by atoms with E-state index < -0.39 is 0 Å². The summed E-state index contributed by atoms with van der Waals surface area (Å²) in [6.45, 7) is 8.69. The smallest absolute Gasteiger partial charge is 0.131 e. The molecule has 2 aromatic rings. The average molecular weight is 306 g/mol. The van der Waals surface area contributed by atoms with Crippen LogP contribution in [0, 0.1) is 19.7 Å². The van der Waals surface area contributed by atoms with E-state index in [-0.39, 0.29) is 5.82 Å². The van der Waals surface area contributed by atoms with E-state index >= 15 is 0 Å². The lowest BCUT2D eigenvalue weighted by atomic mass is 9.96. The molecule has 0 aliphatic rings. The van der Waals surface area contributed by atoms with E-state index in [0.717, 1.165) is 22.3 Å². The molecule has 0 aromatic heterocycles. The van der Waals surface area contributed by atoms with E-state index in [1.54, 1.807) is 6.07 Å². The van der Waals surface area contributed by atoms with Gasteiger partial charge in [0.2, 0.25) is 0 Å². The van der Waals surface area contributed by atoms with Crippen LogP contribution >= 0.6 is 11.6 Å². The fourth-order valence-corrected chi connectivity index (χ4v) is 2.65. The van der Waals surface area contributed by atoms with Gasteiger partial charge in [0.1, 0.15) is 5.82 Å². The van der Waals surface area contributed by atoms with E-state index in [1.165, 1.54) is 0 Å². The van der Waals surface area contributed by atoms with Gasteiger partial charge in [0.15, 0.2) is 0 Å². The first-order valence-corrected chi connectivity index (χ1v) is 7.55. The molecule has 0 saturated heterocycles. The minimum Gasteiger partial charge on any atom is -0.310 e. The zero-order valence-electron chi connectivity index (χ0n) is 12.9. The predicted molar refractivity (Wildman–Crippen MR) is 88.3 cm³/mol. The van der Waals surface area contributed by atoms with Crippen LogP contribution in [-0.2, 0) is 6.54 Å². The standard InChI is InChI=1S/C18H21ClFN/c1-11(2)21-10-15-9-14(5-6-16(15)19)18-13(4)7-12(3)8-17(18)20/h5-9,11,21H,10H2,1-4H3. The van der Waals surface area contributed by atoms with Gasteiger partial charge in [0.25, 0.3) is 0 Å². The Hall–Kier alpha value is -1.38. The molecule has 2 rings (SSSR count). The van der Waals surface area contributed by atoms with E-state index in [4.69, 9.17) is 11.6 Å². The lowest BCUT2D eigenvalue weighted by Gasteiger charge is -2.13.